The molecule has 0 atom stereocenters. The fourth-order valence-corrected chi connectivity index (χ4v) is 1.20. The fraction of sp³-hybridized carbons (Fsp3) is 0.917. The number of hydrogen-bond acceptors (Lipinski definition) is 3. The summed E-state index contributed by atoms with van der Waals surface area (Å²) in [5.41, 5.74) is -0.742. The molecule has 0 aliphatic heterocycles. The van der Waals surface area contributed by atoms with Crippen molar-refractivity contribution in [2.24, 2.45) is 0 Å². The molecule has 0 bridgehead atoms. The molecule has 0 fully saturated rings. The Balaban J connectivity index is 4.00. The molecule has 1 amide bonds. The van der Waals surface area contributed by atoms with Crippen LogP contribution in [0.4, 0.5) is 4.79 Å². The van der Waals surface area contributed by atoms with Crippen molar-refractivity contribution < 1.29 is 9.53 Å². The monoisotopic (exact) mass is 230 g/mol. The van der Waals surface area contributed by atoms with E-state index in [2.05, 4.69) is 17.6 Å². The van der Waals surface area contributed by atoms with Crippen molar-refractivity contribution in [2.75, 3.05) is 13.1 Å². The van der Waals surface area contributed by atoms with Gasteiger partial charge in [-0.1, -0.05) is 6.92 Å². The molecule has 0 aliphatic rings. The number of amides is 1. The Bertz CT molecular complexity index is 220. The number of carbonyl (C=O) groups excluding carboxylic acids is 1. The lowest BCUT2D eigenvalue weighted by molar-refractivity contribution is 0.0472. The Morgan fingerprint density at radius 2 is 1.75 bits per heavy atom. The van der Waals surface area contributed by atoms with Gasteiger partial charge >= 0.3 is 6.09 Å². The molecule has 96 valence electrons. The standard InChI is InChI=1S/C12H26N2O2/c1-7-8-13-9-12(5,6)14-10(15)16-11(2,3)4/h13H,7-9H2,1-6H3,(H,14,15). The molecule has 0 saturated heterocycles. The number of hydrogen-bond donors (Lipinski definition) is 2. The van der Waals surface area contributed by atoms with Gasteiger partial charge in [0.25, 0.3) is 0 Å². The number of rotatable bonds is 5. The van der Waals surface area contributed by atoms with Gasteiger partial charge in [0.1, 0.15) is 5.60 Å². The summed E-state index contributed by atoms with van der Waals surface area (Å²) in [4.78, 5) is 11.5. The van der Waals surface area contributed by atoms with Gasteiger partial charge in [-0.2, -0.15) is 0 Å². The Hall–Kier alpha value is -0.770. The zero-order valence-corrected chi connectivity index (χ0v) is 11.4. The Morgan fingerprint density at radius 3 is 2.19 bits per heavy atom. The van der Waals surface area contributed by atoms with Gasteiger partial charge in [-0.3, -0.25) is 0 Å². The summed E-state index contributed by atoms with van der Waals surface area (Å²) in [6.45, 7) is 13.3. The molecule has 16 heavy (non-hydrogen) atoms. The van der Waals surface area contributed by atoms with Crippen LogP contribution in [0.15, 0.2) is 0 Å². The van der Waals surface area contributed by atoms with Crippen LogP contribution in [-0.2, 0) is 4.74 Å². The van der Waals surface area contributed by atoms with E-state index < -0.39 is 5.60 Å². The zero-order valence-electron chi connectivity index (χ0n) is 11.4. The molecule has 2 N–H and O–H groups in total. The number of ether oxygens (including phenoxy) is 1. The lowest BCUT2D eigenvalue weighted by Gasteiger charge is -2.28. The summed E-state index contributed by atoms with van der Waals surface area (Å²) in [5.74, 6) is 0. The Labute approximate surface area is 99.1 Å². The van der Waals surface area contributed by atoms with Crippen molar-refractivity contribution in [2.45, 2.75) is 59.1 Å². The van der Waals surface area contributed by atoms with Gasteiger partial charge in [0.15, 0.2) is 0 Å². The Morgan fingerprint density at radius 1 is 1.19 bits per heavy atom. The second-order valence-corrected chi connectivity index (χ2v) is 5.69. The summed E-state index contributed by atoms with van der Waals surface area (Å²) in [7, 11) is 0. The van der Waals surface area contributed by atoms with Crippen molar-refractivity contribution in [1.82, 2.24) is 10.6 Å². The summed E-state index contributed by atoms with van der Waals surface area (Å²) in [6, 6.07) is 0. The van der Waals surface area contributed by atoms with E-state index in [-0.39, 0.29) is 11.6 Å². The molecule has 0 rings (SSSR count). The van der Waals surface area contributed by atoms with Crippen molar-refractivity contribution in [3.8, 4) is 0 Å². The van der Waals surface area contributed by atoms with Crippen LogP contribution in [0.5, 0.6) is 0 Å². The van der Waals surface area contributed by atoms with E-state index in [0.29, 0.717) is 0 Å². The van der Waals surface area contributed by atoms with Crippen LogP contribution < -0.4 is 10.6 Å². The van der Waals surface area contributed by atoms with Crippen LogP contribution in [0.1, 0.15) is 48.0 Å². The van der Waals surface area contributed by atoms with Crippen LogP contribution in [0.25, 0.3) is 0 Å². The highest BCUT2D eigenvalue weighted by Gasteiger charge is 2.23. The molecular formula is C12H26N2O2. The van der Waals surface area contributed by atoms with Gasteiger partial charge in [-0.05, 0) is 47.6 Å². The highest BCUT2D eigenvalue weighted by molar-refractivity contribution is 5.68. The molecule has 0 spiro atoms. The van der Waals surface area contributed by atoms with Crippen molar-refractivity contribution in [3.63, 3.8) is 0 Å². The first-order chi connectivity index (χ1) is 7.16. The largest absolute Gasteiger partial charge is 0.444 e. The average Bonchev–Trinajstić information content (AvgIpc) is 1.98. The van der Waals surface area contributed by atoms with E-state index in [1.807, 2.05) is 34.6 Å². The third-order valence-corrected chi connectivity index (χ3v) is 1.83. The first-order valence-corrected chi connectivity index (χ1v) is 5.88. The van der Waals surface area contributed by atoms with Crippen LogP contribution in [0.3, 0.4) is 0 Å². The van der Waals surface area contributed by atoms with E-state index in [4.69, 9.17) is 4.74 Å². The van der Waals surface area contributed by atoms with E-state index in [0.717, 1.165) is 19.5 Å². The predicted octanol–water partition coefficient (Wildman–Crippen LogP) is 2.29. The SMILES string of the molecule is CCCNCC(C)(C)NC(=O)OC(C)(C)C. The topological polar surface area (TPSA) is 50.4 Å². The molecular weight excluding hydrogens is 204 g/mol. The molecule has 0 saturated carbocycles. The maximum absolute atomic E-state index is 11.5. The minimum atomic E-state index is -0.447. The summed E-state index contributed by atoms with van der Waals surface area (Å²) in [6.07, 6.45) is 0.721. The molecule has 0 aliphatic carbocycles. The summed E-state index contributed by atoms with van der Waals surface area (Å²) >= 11 is 0. The lowest BCUT2D eigenvalue weighted by atomic mass is 10.1. The maximum Gasteiger partial charge on any atom is 0.408 e. The van der Waals surface area contributed by atoms with Crippen LogP contribution in [-0.4, -0.2) is 30.3 Å². The fourth-order valence-electron chi connectivity index (χ4n) is 1.20. The molecule has 0 unspecified atom stereocenters. The molecule has 0 heterocycles. The molecule has 0 aromatic heterocycles. The first kappa shape index (κ1) is 15.2. The molecule has 4 nitrogen and oxygen atoms in total. The van der Waals surface area contributed by atoms with E-state index in [9.17, 15) is 4.79 Å². The lowest BCUT2D eigenvalue weighted by Crippen LogP contribution is -2.51. The van der Waals surface area contributed by atoms with E-state index in [1.54, 1.807) is 0 Å². The smallest absolute Gasteiger partial charge is 0.408 e. The van der Waals surface area contributed by atoms with Gasteiger partial charge in [0.05, 0.1) is 5.54 Å². The number of nitrogens with one attached hydrogen (secondary N) is 2. The van der Waals surface area contributed by atoms with Gasteiger partial charge in [-0.15, -0.1) is 0 Å². The van der Waals surface area contributed by atoms with Crippen LogP contribution in [0, 0.1) is 0 Å². The highest BCUT2D eigenvalue weighted by Crippen LogP contribution is 2.08. The number of alkyl carbamates (subject to hydrolysis) is 1. The Kier molecular flexibility index (Phi) is 5.79. The minimum Gasteiger partial charge on any atom is -0.444 e. The number of carbonyl (C=O) groups is 1. The normalized spacial score (nSPS) is 12.4. The quantitative estimate of drug-likeness (QED) is 0.712. The third-order valence-electron chi connectivity index (χ3n) is 1.83. The van der Waals surface area contributed by atoms with Crippen LogP contribution >= 0.6 is 0 Å². The van der Waals surface area contributed by atoms with Crippen molar-refractivity contribution in [3.05, 3.63) is 0 Å². The van der Waals surface area contributed by atoms with E-state index >= 15 is 0 Å². The van der Waals surface area contributed by atoms with Gasteiger partial charge < -0.3 is 15.4 Å². The third kappa shape index (κ3) is 8.53. The second kappa shape index (κ2) is 6.09. The average molecular weight is 230 g/mol. The van der Waals surface area contributed by atoms with E-state index in [1.165, 1.54) is 0 Å². The molecule has 0 aromatic carbocycles. The minimum absolute atomic E-state index is 0.294. The van der Waals surface area contributed by atoms with Crippen molar-refractivity contribution in [1.29, 1.82) is 0 Å². The summed E-state index contributed by atoms with van der Waals surface area (Å²) < 4.78 is 5.20. The summed E-state index contributed by atoms with van der Waals surface area (Å²) in [5, 5.41) is 6.12. The van der Waals surface area contributed by atoms with Crippen LogP contribution in [0.2, 0.25) is 0 Å². The van der Waals surface area contributed by atoms with Crippen molar-refractivity contribution >= 4 is 6.09 Å². The maximum atomic E-state index is 11.5. The van der Waals surface area contributed by atoms with Gasteiger partial charge in [0.2, 0.25) is 0 Å². The molecule has 0 radical (unpaired) electrons. The van der Waals surface area contributed by atoms with Gasteiger partial charge in [-0.25, -0.2) is 4.79 Å². The molecule has 0 aromatic rings. The second-order valence-electron chi connectivity index (χ2n) is 5.69. The predicted molar refractivity (Wildman–Crippen MR) is 66.6 cm³/mol. The molecule has 4 heteroatoms. The zero-order chi connectivity index (χ0) is 12.8. The highest BCUT2D eigenvalue weighted by atomic mass is 16.6. The first-order valence-electron chi connectivity index (χ1n) is 5.88. The van der Waals surface area contributed by atoms with Gasteiger partial charge in [0, 0.05) is 6.54 Å².